The quantitative estimate of drug-likeness (QED) is 0.285. The predicted molar refractivity (Wildman–Crippen MR) is 160 cm³/mol. The van der Waals surface area contributed by atoms with E-state index in [2.05, 4.69) is 57.5 Å². The third kappa shape index (κ3) is 5.58. The minimum atomic E-state index is -0.648. The highest BCUT2D eigenvalue weighted by Gasteiger charge is 2.55. The van der Waals surface area contributed by atoms with Crippen LogP contribution >= 0.6 is 0 Å². The molecule has 4 aliphatic carbocycles. The topological polar surface area (TPSA) is 86.7 Å². The van der Waals surface area contributed by atoms with Gasteiger partial charge in [-0.2, -0.15) is 0 Å². The van der Waals surface area contributed by atoms with Crippen molar-refractivity contribution in [2.24, 2.45) is 22.7 Å². The van der Waals surface area contributed by atoms with Crippen LogP contribution in [-0.2, 0) is 11.8 Å². The average molecular weight is 550 g/mol. The number of hydrogen-bond acceptors (Lipinski definition) is 5. The van der Waals surface area contributed by atoms with E-state index in [4.69, 9.17) is 4.42 Å². The fourth-order valence-corrected chi connectivity index (χ4v) is 8.34. The summed E-state index contributed by atoms with van der Waals surface area (Å²) in [7, 11) is 0. The molecule has 5 nitrogen and oxygen atoms in total. The summed E-state index contributed by atoms with van der Waals surface area (Å²) in [6, 6.07) is 0. The lowest BCUT2D eigenvalue weighted by atomic mass is 9.57. The Morgan fingerprint density at radius 2 is 1.98 bits per heavy atom. The monoisotopic (exact) mass is 549 g/mol. The second-order valence-electron chi connectivity index (χ2n) is 14.1. The Kier molecular flexibility index (Phi) is 8.40. The van der Waals surface area contributed by atoms with Crippen LogP contribution in [0.15, 0.2) is 58.2 Å². The first kappa shape index (κ1) is 29.5. The molecular weight excluding hydrogens is 498 g/mol. The van der Waals surface area contributed by atoms with Gasteiger partial charge in [-0.15, -0.1) is 0 Å². The molecule has 5 heteroatoms. The molecule has 0 saturated heterocycles. The minimum Gasteiger partial charge on any atom is -0.445 e. The number of oxazole rings is 1. The lowest BCUT2D eigenvalue weighted by Crippen LogP contribution is -2.39. The molecule has 0 amide bonds. The van der Waals surface area contributed by atoms with Gasteiger partial charge in [0.25, 0.3) is 0 Å². The van der Waals surface area contributed by atoms with Crippen molar-refractivity contribution in [2.75, 3.05) is 0 Å². The molecular formula is C35H51NO4. The second-order valence-corrected chi connectivity index (χ2v) is 14.1. The van der Waals surface area contributed by atoms with E-state index < -0.39 is 18.3 Å². The van der Waals surface area contributed by atoms with Crippen molar-refractivity contribution in [3.05, 3.63) is 65.5 Å². The number of aryl methyl sites for hydroxylation is 1. The molecule has 4 fully saturated rings. The van der Waals surface area contributed by atoms with Crippen LogP contribution in [-0.4, -0.2) is 38.6 Å². The van der Waals surface area contributed by atoms with Crippen LogP contribution in [0.2, 0.25) is 0 Å². The van der Waals surface area contributed by atoms with E-state index in [-0.39, 0.29) is 16.2 Å². The average Bonchev–Trinajstić information content (AvgIpc) is 3.43. The number of rotatable bonds is 9. The first-order valence-corrected chi connectivity index (χ1v) is 15.8. The van der Waals surface area contributed by atoms with E-state index in [9.17, 15) is 15.3 Å². The maximum Gasteiger partial charge on any atom is 0.203 e. The van der Waals surface area contributed by atoms with Crippen molar-refractivity contribution >= 4 is 0 Å². The highest BCUT2D eigenvalue weighted by atomic mass is 16.4. The molecule has 6 atom stereocenters. The fraction of sp³-hybridized carbons (Fsp3) is 0.686. The number of nitrogens with zero attached hydrogens (tertiary/aromatic N) is 1. The van der Waals surface area contributed by atoms with Crippen molar-refractivity contribution < 1.29 is 19.7 Å². The zero-order chi connectivity index (χ0) is 28.7. The van der Waals surface area contributed by atoms with Crippen LogP contribution in [0.25, 0.3) is 0 Å². The van der Waals surface area contributed by atoms with Gasteiger partial charge in [-0.1, -0.05) is 70.6 Å². The van der Waals surface area contributed by atoms with Gasteiger partial charge in [0.15, 0.2) is 0 Å². The van der Waals surface area contributed by atoms with E-state index >= 15 is 0 Å². The van der Waals surface area contributed by atoms with Crippen LogP contribution < -0.4 is 0 Å². The standard InChI is InChI=1S/C35H51NO4/c1-6-7-10-27-22-36-32(40-27)35(18-19-35)31(39)15-17-33(3,4)30-14-13-28-24(9-8-16-34(28,30)5)11-12-25-20-26(37)21-29(38)23(25)2/h11-12,15,17,22,26,28-31,37-39H,2,6-10,13-14,16,18-21H2,1,3-5H3/t26-,28+,29+,30-,31+,34+/m1/s1. The fourth-order valence-electron chi connectivity index (χ4n) is 8.34. The molecule has 0 unspecified atom stereocenters. The van der Waals surface area contributed by atoms with E-state index in [0.717, 1.165) is 55.4 Å². The van der Waals surface area contributed by atoms with Crippen molar-refractivity contribution in [1.82, 2.24) is 4.98 Å². The molecule has 220 valence electrons. The predicted octanol–water partition coefficient (Wildman–Crippen LogP) is 7.13. The summed E-state index contributed by atoms with van der Waals surface area (Å²) in [5.41, 5.74) is 3.04. The van der Waals surface area contributed by atoms with Gasteiger partial charge in [-0.05, 0) is 91.6 Å². The third-order valence-corrected chi connectivity index (χ3v) is 10.9. The van der Waals surface area contributed by atoms with Gasteiger partial charge in [-0.3, -0.25) is 0 Å². The Morgan fingerprint density at radius 1 is 1.20 bits per heavy atom. The molecule has 4 saturated carbocycles. The number of aliphatic hydroxyl groups excluding tert-OH is 3. The third-order valence-electron chi connectivity index (χ3n) is 10.9. The zero-order valence-electron chi connectivity index (χ0n) is 25.2. The van der Waals surface area contributed by atoms with Gasteiger partial charge in [0.05, 0.1) is 29.9 Å². The first-order valence-electron chi connectivity index (χ1n) is 15.8. The van der Waals surface area contributed by atoms with E-state index in [0.29, 0.717) is 30.6 Å². The van der Waals surface area contributed by atoms with Crippen molar-refractivity contribution in [1.29, 1.82) is 0 Å². The molecule has 1 aromatic rings. The van der Waals surface area contributed by atoms with Gasteiger partial charge in [0.2, 0.25) is 5.89 Å². The van der Waals surface area contributed by atoms with Crippen molar-refractivity contribution in [3.8, 4) is 0 Å². The number of unbranched alkanes of at least 4 members (excludes halogenated alkanes) is 1. The molecule has 4 aliphatic rings. The largest absolute Gasteiger partial charge is 0.445 e. The highest BCUT2D eigenvalue weighted by Crippen LogP contribution is 2.62. The van der Waals surface area contributed by atoms with Gasteiger partial charge < -0.3 is 19.7 Å². The van der Waals surface area contributed by atoms with Crippen LogP contribution in [0, 0.1) is 22.7 Å². The van der Waals surface area contributed by atoms with E-state index in [1.54, 1.807) is 0 Å². The molecule has 1 heterocycles. The molecule has 40 heavy (non-hydrogen) atoms. The first-order chi connectivity index (χ1) is 19.0. The summed E-state index contributed by atoms with van der Waals surface area (Å²) in [4.78, 5) is 4.58. The van der Waals surface area contributed by atoms with Crippen LogP contribution in [0.4, 0.5) is 0 Å². The number of fused-ring (bicyclic) bond motifs is 1. The summed E-state index contributed by atoms with van der Waals surface area (Å²) < 4.78 is 6.10. The van der Waals surface area contributed by atoms with Crippen LogP contribution in [0.5, 0.6) is 0 Å². The molecule has 0 radical (unpaired) electrons. The minimum absolute atomic E-state index is 0.0454. The zero-order valence-corrected chi connectivity index (χ0v) is 25.2. The van der Waals surface area contributed by atoms with Crippen LogP contribution in [0.1, 0.15) is 110 Å². The molecule has 0 spiro atoms. The Balaban J connectivity index is 1.30. The van der Waals surface area contributed by atoms with Crippen LogP contribution in [0.3, 0.4) is 0 Å². The smallest absolute Gasteiger partial charge is 0.203 e. The maximum absolute atomic E-state index is 11.3. The van der Waals surface area contributed by atoms with Gasteiger partial charge in [-0.25, -0.2) is 4.98 Å². The van der Waals surface area contributed by atoms with E-state index in [1.165, 1.54) is 31.3 Å². The summed E-state index contributed by atoms with van der Waals surface area (Å²) in [6.07, 6.45) is 20.6. The Bertz CT molecular complexity index is 1170. The summed E-state index contributed by atoms with van der Waals surface area (Å²) in [5, 5.41) is 31.8. The lowest BCUT2D eigenvalue weighted by molar-refractivity contribution is 0.0705. The molecule has 1 aromatic heterocycles. The summed E-state index contributed by atoms with van der Waals surface area (Å²) >= 11 is 0. The number of aromatic nitrogens is 1. The Hall–Kier alpha value is -1.95. The lowest BCUT2D eigenvalue weighted by Gasteiger charge is -2.47. The molecule has 3 N–H and O–H groups in total. The van der Waals surface area contributed by atoms with Gasteiger partial charge in [0, 0.05) is 12.8 Å². The number of aliphatic hydroxyl groups is 3. The van der Waals surface area contributed by atoms with E-state index in [1.807, 2.05) is 12.3 Å². The van der Waals surface area contributed by atoms with Crippen molar-refractivity contribution in [3.63, 3.8) is 0 Å². The van der Waals surface area contributed by atoms with Gasteiger partial charge >= 0.3 is 0 Å². The summed E-state index contributed by atoms with van der Waals surface area (Å²) in [5.74, 6) is 2.70. The Labute approximate surface area is 241 Å². The molecule has 0 aromatic carbocycles. The second kappa shape index (κ2) is 11.4. The SMILES string of the molecule is C=C1C(=CC=C2CCC[C@]3(C)[C@@H](C(C)(C)C=C[C@H](O)C4(c5ncc(CCCC)o5)CC4)CC[C@@H]23)C[C@@H](O)C[C@@H]1O. The molecule has 5 rings (SSSR count). The number of hydrogen-bond donors (Lipinski definition) is 3. The number of allylic oxidation sites excluding steroid dienone is 4. The normalized spacial score (nSPS) is 35.0. The molecule has 0 aliphatic heterocycles. The summed E-state index contributed by atoms with van der Waals surface area (Å²) in [6.45, 7) is 13.4. The maximum atomic E-state index is 11.3. The molecule has 0 bridgehead atoms. The van der Waals surface area contributed by atoms with Gasteiger partial charge in [0.1, 0.15) is 5.76 Å². The van der Waals surface area contributed by atoms with Crippen molar-refractivity contribution in [2.45, 2.75) is 128 Å². The highest BCUT2D eigenvalue weighted by molar-refractivity contribution is 5.39. The Morgan fingerprint density at radius 3 is 2.70 bits per heavy atom.